The third kappa shape index (κ3) is 4.78. The lowest BCUT2D eigenvalue weighted by atomic mass is 10.2. The maximum absolute atomic E-state index is 12.4. The highest BCUT2D eigenvalue weighted by Gasteiger charge is 2.19. The first kappa shape index (κ1) is 17.8. The van der Waals surface area contributed by atoms with E-state index in [4.69, 9.17) is 9.47 Å². The van der Waals surface area contributed by atoms with Crippen molar-refractivity contribution in [2.75, 3.05) is 51.3 Å². The SMILES string of the molecule is O=C(CN1CCN(Cc2ccccc2)CC1)Nc1ccc2c(c1)OCCO2. The normalized spacial score (nSPS) is 17.5. The summed E-state index contributed by atoms with van der Waals surface area (Å²) < 4.78 is 11.1. The number of rotatable bonds is 5. The fourth-order valence-corrected chi connectivity index (χ4v) is 3.47. The van der Waals surface area contributed by atoms with E-state index in [1.807, 2.05) is 24.3 Å². The van der Waals surface area contributed by atoms with E-state index in [1.54, 1.807) is 0 Å². The van der Waals surface area contributed by atoms with Crippen LogP contribution in [0.1, 0.15) is 5.56 Å². The van der Waals surface area contributed by atoms with Crippen LogP contribution in [0.15, 0.2) is 48.5 Å². The molecule has 0 bridgehead atoms. The predicted octanol–water partition coefficient (Wildman–Crippen LogP) is 2.21. The van der Waals surface area contributed by atoms with Crippen LogP contribution in [-0.2, 0) is 11.3 Å². The maximum atomic E-state index is 12.4. The molecule has 1 amide bonds. The Kier molecular flexibility index (Phi) is 5.55. The molecule has 0 saturated carbocycles. The van der Waals surface area contributed by atoms with Gasteiger partial charge in [-0.05, 0) is 17.7 Å². The molecular formula is C21H25N3O3. The van der Waals surface area contributed by atoms with Crippen LogP contribution in [0, 0.1) is 0 Å². The van der Waals surface area contributed by atoms with Gasteiger partial charge in [0.15, 0.2) is 11.5 Å². The summed E-state index contributed by atoms with van der Waals surface area (Å²) in [7, 11) is 0. The van der Waals surface area contributed by atoms with Crippen molar-refractivity contribution in [1.82, 2.24) is 9.80 Å². The molecule has 2 aliphatic heterocycles. The summed E-state index contributed by atoms with van der Waals surface area (Å²) in [6.07, 6.45) is 0. The Balaban J connectivity index is 1.24. The Bertz CT molecular complexity index is 773. The van der Waals surface area contributed by atoms with Crippen molar-refractivity contribution < 1.29 is 14.3 Å². The molecule has 6 nitrogen and oxygen atoms in total. The van der Waals surface area contributed by atoms with E-state index in [0.717, 1.165) is 44.2 Å². The summed E-state index contributed by atoms with van der Waals surface area (Å²) in [5, 5.41) is 2.96. The lowest BCUT2D eigenvalue weighted by Crippen LogP contribution is -2.48. The number of nitrogens with zero attached hydrogens (tertiary/aromatic N) is 2. The summed E-state index contributed by atoms with van der Waals surface area (Å²) in [5.41, 5.74) is 2.08. The molecule has 4 rings (SSSR count). The zero-order valence-electron chi connectivity index (χ0n) is 15.4. The van der Waals surface area contributed by atoms with Gasteiger partial charge in [0.1, 0.15) is 13.2 Å². The molecule has 0 atom stereocenters. The van der Waals surface area contributed by atoms with Gasteiger partial charge < -0.3 is 14.8 Å². The van der Waals surface area contributed by atoms with Gasteiger partial charge in [-0.3, -0.25) is 14.6 Å². The fraction of sp³-hybridized carbons (Fsp3) is 0.381. The highest BCUT2D eigenvalue weighted by Crippen LogP contribution is 2.32. The number of hydrogen-bond acceptors (Lipinski definition) is 5. The predicted molar refractivity (Wildman–Crippen MR) is 104 cm³/mol. The quantitative estimate of drug-likeness (QED) is 0.878. The van der Waals surface area contributed by atoms with Gasteiger partial charge in [-0.25, -0.2) is 0 Å². The smallest absolute Gasteiger partial charge is 0.238 e. The molecule has 1 N–H and O–H groups in total. The van der Waals surface area contributed by atoms with Gasteiger partial charge in [0.2, 0.25) is 5.91 Å². The number of hydrogen-bond donors (Lipinski definition) is 1. The second-order valence-corrected chi connectivity index (χ2v) is 6.94. The van der Waals surface area contributed by atoms with Gasteiger partial charge in [0.05, 0.1) is 6.54 Å². The van der Waals surface area contributed by atoms with Gasteiger partial charge >= 0.3 is 0 Å². The summed E-state index contributed by atoms with van der Waals surface area (Å²) in [6, 6.07) is 16.0. The Morgan fingerprint density at radius 2 is 1.59 bits per heavy atom. The van der Waals surface area contributed by atoms with Crippen LogP contribution in [0.25, 0.3) is 0 Å². The summed E-state index contributed by atoms with van der Waals surface area (Å²) in [4.78, 5) is 17.0. The van der Waals surface area contributed by atoms with Crippen molar-refractivity contribution >= 4 is 11.6 Å². The van der Waals surface area contributed by atoms with Crippen molar-refractivity contribution in [1.29, 1.82) is 0 Å². The van der Waals surface area contributed by atoms with Crippen molar-refractivity contribution in [3.05, 3.63) is 54.1 Å². The minimum Gasteiger partial charge on any atom is -0.486 e. The van der Waals surface area contributed by atoms with E-state index in [1.165, 1.54) is 5.56 Å². The average molecular weight is 367 g/mol. The highest BCUT2D eigenvalue weighted by atomic mass is 16.6. The molecule has 2 aliphatic rings. The number of piperazine rings is 1. The van der Waals surface area contributed by atoms with Crippen LogP contribution in [0.5, 0.6) is 11.5 Å². The van der Waals surface area contributed by atoms with Crippen molar-refractivity contribution in [2.24, 2.45) is 0 Å². The summed E-state index contributed by atoms with van der Waals surface area (Å²) >= 11 is 0. The number of benzene rings is 2. The highest BCUT2D eigenvalue weighted by molar-refractivity contribution is 5.92. The molecule has 0 spiro atoms. The van der Waals surface area contributed by atoms with Gasteiger partial charge in [-0.1, -0.05) is 30.3 Å². The van der Waals surface area contributed by atoms with Crippen molar-refractivity contribution in [2.45, 2.75) is 6.54 Å². The molecule has 0 aromatic heterocycles. The van der Waals surface area contributed by atoms with Crippen molar-refractivity contribution in [3.8, 4) is 11.5 Å². The van der Waals surface area contributed by atoms with Crippen LogP contribution in [0.2, 0.25) is 0 Å². The Morgan fingerprint density at radius 1 is 0.889 bits per heavy atom. The largest absolute Gasteiger partial charge is 0.486 e. The van der Waals surface area contributed by atoms with Gasteiger partial charge in [-0.15, -0.1) is 0 Å². The van der Waals surface area contributed by atoms with E-state index >= 15 is 0 Å². The minimum absolute atomic E-state index is 0.00295. The minimum atomic E-state index is 0.00295. The van der Waals surface area contributed by atoms with E-state index in [9.17, 15) is 4.79 Å². The summed E-state index contributed by atoms with van der Waals surface area (Å²) in [5.74, 6) is 1.42. The number of nitrogens with one attached hydrogen (secondary N) is 1. The lowest BCUT2D eigenvalue weighted by Gasteiger charge is -2.34. The second-order valence-electron chi connectivity index (χ2n) is 6.94. The molecule has 2 heterocycles. The first-order valence-corrected chi connectivity index (χ1v) is 9.44. The first-order chi connectivity index (χ1) is 13.3. The molecule has 0 aliphatic carbocycles. The molecule has 2 aromatic carbocycles. The van der Waals surface area contributed by atoms with Gasteiger partial charge in [0.25, 0.3) is 0 Å². The Labute approximate surface area is 159 Å². The number of anilines is 1. The van der Waals surface area contributed by atoms with Crippen molar-refractivity contribution in [3.63, 3.8) is 0 Å². The van der Waals surface area contributed by atoms with Crippen LogP contribution < -0.4 is 14.8 Å². The monoisotopic (exact) mass is 367 g/mol. The average Bonchev–Trinajstić information content (AvgIpc) is 2.70. The first-order valence-electron chi connectivity index (χ1n) is 9.44. The molecule has 27 heavy (non-hydrogen) atoms. The zero-order valence-corrected chi connectivity index (χ0v) is 15.4. The Morgan fingerprint density at radius 3 is 2.37 bits per heavy atom. The third-order valence-corrected chi connectivity index (χ3v) is 4.91. The molecule has 142 valence electrons. The molecule has 0 radical (unpaired) electrons. The van der Waals surface area contributed by atoms with E-state index < -0.39 is 0 Å². The Hall–Kier alpha value is -2.57. The zero-order chi connectivity index (χ0) is 18.5. The topological polar surface area (TPSA) is 54.0 Å². The van der Waals surface area contributed by atoms with Crippen LogP contribution in [0.4, 0.5) is 5.69 Å². The summed E-state index contributed by atoms with van der Waals surface area (Å²) in [6.45, 7) is 6.25. The molecule has 1 saturated heterocycles. The fourth-order valence-electron chi connectivity index (χ4n) is 3.47. The molecule has 2 aromatic rings. The van der Waals surface area contributed by atoms with Gasteiger partial charge in [-0.2, -0.15) is 0 Å². The third-order valence-electron chi connectivity index (χ3n) is 4.91. The molecule has 6 heteroatoms. The lowest BCUT2D eigenvalue weighted by molar-refractivity contribution is -0.117. The maximum Gasteiger partial charge on any atom is 0.238 e. The molecule has 0 unspecified atom stereocenters. The van der Waals surface area contributed by atoms with E-state index in [-0.39, 0.29) is 5.91 Å². The van der Waals surface area contributed by atoms with E-state index in [0.29, 0.717) is 25.5 Å². The number of carbonyl (C=O) groups is 1. The van der Waals surface area contributed by atoms with Crippen LogP contribution in [0.3, 0.4) is 0 Å². The van der Waals surface area contributed by atoms with Crippen LogP contribution >= 0.6 is 0 Å². The molecular weight excluding hydrogens is 342 g/mol. The van der Waals surface area contributed by atoms with Gasteiger partial charge in [0, 0.05) is 44.5 Å². The van der Waals surface area contributed by atoms with E-state index in [2.05, 4.69) is 39.4 Å². The number of carbonyl (C=O) groups excluding carboxylic acids is 1. The number of fused-ring (bicyclic) bond motifs is 1. The standard InChI is InChI=1S/C21H25N3O3/c25-21(22-18-6-7-19-20(14-18)27-13-12-26-19)16-24-10-8-23(9-11-24)15-17-4-2-1-3-5-17/h1-7,14H,8-13,15-16H2,(H,22,25). The number of amides is 1. The molecule has 1 fully saturated rings. The van der Waals surface area contributed by atoms with Crippen LogP contribution in [-0.4, -0.2) is 61.6 Å². The number of ether oxygens (including phenoxy) is 2. The second kappa shape index (κ2) is 8.41.